The Morgan fingerprint density at radius 3 is 2.56 bits per heavy atom. The van der Waals surface area contributed by atoms with Gasteiger partial charge in [-0.15, -0.1) is 0 Å². The van der Waals surface area contributed by atoms with Crippen molar-refractivity contribution in [3.8, 4) is 0 Å². The second kappa shape index (κ2) is 5.64. The largest absolute Gasteiger partial charge is 0.464 e. The van der Waals surface area contributed by atoms with Crippen molar-refractivity contribution in [1.82, 2.24) is 4.72 Å². The molecule has 0 aliphatic rings. The van der Waals surface area contributed by atoms with Gasteiger partial charge in [0.1, 0.15) is 16.4 Å². The molecule has 1 aromatic heterocycles. The Bertz CT molecular complexity index is 506. The summed E-state index contributed by atoms with van der Waals surface area (Å²) in [7, 11) is -3.54. The van der Waals surface area contributed by atoms with Crippen LogP contribution in [0, 0.1) is 6.92 Å². The lowest BCUT2D eigenvalue weighted by Gasteiger charge is -2.21. The summed E-state index contributed by atoms with van der Waals surface area (Å²) in [6.07, 6.45) is 1.95. The number of aryl methyl sites for hydroxylation is 1. The molecule has 0 atom stereocenters. The van der Waals surface area contributed by atoms with Crippen LogP contribution in [0.15, 0.2) is 15.4 Å². The first kappa shape index (κ1) is 15.6. The third kappa shape index (κ3) is 3.74. The number of sulfonamides is 1. The smallest absolute Gasteiger partial charge is 0.244 e. The summed E-state index contributed by atoms with van der Waals surface area (Å²) < 4.78 is 32.0. The third-order valence-corrected chi connectivity index (χ3v) is 5.41. The van der Waals surface area contributed by atoms with E-state index in [4.69, 9.17) is 10.2 Å². The molecule has 3 N–H and O–H groups in total. The summed E-state index contributed by atoms with van der Waals surface area (Å²) in [4.78, 5) is 0.167. The molecule has 18 heavy (non-hydrogen) atoms. The molecule has 5 nitrogen and oxygen atoms in total. The Labute approximate surface area is 113 Å². The predicted octanol–water partition coefficient (Wildman–Crippen LogP) is 1.47. The Morgan fingerprint density at radius 2 is 2.11 bits per heavy atom. The molecule has 0 amide bonds. The van der Waals surface area contributed by atoms with E-state index in [1.807, 2.05) is 20.1 Å². The molecule has 1 rings (SSSR count). The minimum absolute atomic E-state index is 0.151. The van der Waals surface area contributed by atoms with E-state index in [9.17, 15) is 8.42 Å². The summed E-state index contributed by atoms with van der Waals surface area (Å²) in [6.45, 7) is 6.13. The standard InChI is InChI=1S/C11H20N2O3S2/c1-8-10(5-9(6-12)16-8)18(14,15)13-7-11(2,3)17-4/h5,13H,6-7,12H2,1-4H3. The van der Waals surface area contributed by atoms with Gasteiger partial charge in [-0.3, -0.25) is 0 Å². The van der Waals surface area contributed by atoms with Crippen molar-refractivity contribution in [2.24, 2.45) is 5.73 Å². The minimum atomic E-state index is -3.54. The van der Waals surface area contributed by atoms with E-state index in [0.29, 0.717) is 18.1 Å². The van der Waals surface area contributed by atoms with Crippen molar-refractivity contribution in [3.63, 3.8) is 0 Å². The zero-order valence-electron chi connectivity index (χ0n) is 11.1. The van der Waals surface area contributed by atoms with Gasteiger partial charge in [-0.1, -0.05) is 0 Å². The number of nitrogens with one attached hydrogen (secondary N) is 1. The summed E-state index contributed by atoms with van der Waals surface area (Å²) >= 11 is 1.61. The number of thioether (sulfide) groups is 1. The van der Waals surface area contributed by atoms with E-state index in [2.05, 4.69) is 4.72 Å². The maximum atomic E-state index is 12.1. The quantitative estimate of drug-likeness (QED) is 0.829. The fraction of sp³-hybridized carbons (Fsp3) is 0.636. The highest BCUT2D eigenvalue weighted by Gasteiger charge is 2.24. The molecule has 0 saturated carbocycles. The summed E-state index contributed by atoms with van der Waals surface area (Å²) in [5.74, 6) is 0.835. The van der Waals surface area contributed by atoms with E-state index in [1.54, 1.807) is 18.7 Å². The van der Waals surface area contributed by atoms with Crippen LogP contribution in [-0.4, -0.2) is 26.0 Å². The van der Waals surface area contributed by atoms with Gasteiger partial charge < -0.3 is 10.2 Å². The van der Waals surface area contributed by atoms with Gasteiger partial charge in [0.25, 0.3) is 0 Å². The molecular formula is C11H20N2O3S2. The zero-order valence-corrected chi connectivity index (χ0v) is 12.7. The lowest BCUT2D eigenvalue weighted by molar-refractivity contribution is 0.478. The van der Waals surface area contributed by atoms with Crippen LogP contribution in [-0.2, 0) is 16.6 Å². The SMILES string of the molecule is CSC(C)(C)CNS(=O)(=O)c1cc(CN)oc1C. The van der Waals surface area contributed by atoms with Gasteiger partial charge in [0.15, 0.2) is 0 Å². The highest BCUT2D eigenvalue weighted by Crippen LogP contribution is 2.23. The van der Waals surface area contributed by atoms with Crippen LogP contribution >= 0.6 is 11.8 Å². The fourth-order valence-electron chi connectivity index (χ4n) is 1.31. The van der Waals surface area contributed by atoms with Gasteiger partial charge in [0.2, 0.25) is 10.0 Å². The van der Waals surface area contributed by atoms with Gasteiger partial charge >= 0.3 is 0 Å². The van der Waals surface area contributed by atoms with E-state index < -0.39 is 10.0 Å². The molecule has 0 aliphatic heterocycles. The van der Waals surface area contributed by atoms with Gasteiger partial charge in [-0.25, -0.2) is 13.1 Å². The van der Waals surface area contributed by atoms with Crippen LogP contribution in [0.1, 0.15) is 25.4 Å². The second-order valence-electron chi connectivity index (χ2n) is 4.63. The molecule has 7 heteroatoms. The maximum Gasteiger partial charge on any atom is 0.244 e. The third-order valence-electron chi connectivity index (χ3n) is 2.65. The zero-order chi connectivity index (χ0) is 14.0. The highest BCUT2D eigenvalue weighted by molar-refractivity contribution is 8.00. The molecular weight excluding hydrogens is 272 g/mol. The van der Waals surface area contributed by atoms with E-state index in [1.165, 1.54) is 6.07 Å². The minimum Gasteiger partial charge on any atom is -0.464 e. The van der Waals surface area contributed by atoms with Crippen molar-refractivity contribution in [1.29, 1.82) is 0 Å². The van der Waals surface area contributed by atoms with Crippen LogP contribution in [0.5, 0.6) is 0 Å². The van der Waals surface area contributed by atoms with Gasteiger partial charge in [0, 0.05) is 17.4 Å². The lowest BCUT2D eigenvalue weighted by Crippen LogP contribution is -2.36. The van der Waals surface area contributed by atoms with Crippen molar-refractivity contribution >= 4 is 21.8 Å². The van der Waals surface area contributed by atoms with Gasteiger partial charge in [-0.2, -0.15) is 11.8 Å². The number of furan rings is 1. The molecule has 0 bridgehead atoms. The van der Waals surface area contributed by atoms with Gasteiger partial charge in [-0.05, 0) is 27.0 Å². The average Bonchev–Trinajstić information content (AvgIpc) is 2.69. The van der Waals surface area contributed by atoms with Crippen LogP contribution in [0.25, 0.3) is 0 Å². The fourth-order valence-corrected chi connectivity index (χ4v) is 3.03. The van der Waals surface area contributed by atoms with Crippen molar-refractivity contribution in [2.75, 3.05) is 12.8 Å². The maximum absolute atomic E-state index is 12.1. The lowest BCUT2D eigenvalue weighted by atomic mass is 10.2. The number of rotatable bonds is 6. The molecule has 0 aliphatic carbocycles. The first-order chi connectivity index (χ1) is 8.22. The normalized spacial score (nSPS) is 12.9. The van der Waals surface area contributed by atoms with Crippen LogP contribution in [0.2, 0.25) is 0 Å². The number of nitrogens with two attached hydrogens (primary N) is 1. The van der Waals surface area contributed by atoms with Gasteiger partial charge in [0.05, 0.1) is 6.54 Å². The molecule has 0 unspecified atom stereocenters. The van der Waals surface area contributed by atoms with E-state index >= 15 is 0 Å². The molecule has 0 spiro atoms. The van der Waals surface area contributed by atoms with Crippen LogP contribution in [0.4, 0.5) is 0 Å². The molecule has 0 fully saturated rings. The summed E-state index contributed by atoms with van der Waals surface area (Å²) in [5.41, 5.74) is 5.43. The topological polar surface area (TPSA) is 85.3 Å². The van der Waals surface area contributed by atoms with Crippen molar-refractivity contribution in [3.05, 3.63) is 17.6 Å². The molecule has 0 aromatic carbocycles. The Hall–Kier alpha value is -0.500. The van der Waals surface area contributed by atoms with E-state index in [0.717, 1.165) is 0 Å². The average molecular weight is 292 g/mol. The highest BCUT2D eigenvalue weighted by atomic mass is 32.2. The number of hydrogen-bond acceptors (Lipinski definition) is 5. The van der Waals surface area contributed by atoms with Crippen molar-refractivity contribution in [2.45, 2.75) is 37.0 Å². The molecule has 104 valence electrons. The molecule has 1 aromatic rings. The predicted molar refractivity (Wildman–Crippen MR) is 74.1 cm³/mol. The van der Waals surface area contributed by atoms with Crippen molar-refractivity contribution < 1.29 is 12.8 Å². The first-order valence-electron chi connectivity index (χ1n) is 5.56. The van der Waals surface area contributed by atoms with Crippen LogP contribution < -0.4 is 10.5 Å². The molecule has 0 radical (unpaired) electrons. The monoisotopic (exact) mass is 292 g/mol. The summed E-state index contributed by atoms with van der Waals surface area (Å²) in [5, 5.41) is 0. The second-order valence-corrected chi connectivity index (χ2v) is 7.87. The first-order valence-corrected chi connectivity index (χ1v) is 8.27. The number of hydrogen-bond donors (Lipinski definition) is 2. The Kier molecular flexibility index (Phi) is 4.88. The van der Waals surface area contributed by atoms with Crippen LogP contribution in [0.3, 0.4) is 0 Å². The summed E-state index contributed by atoms with van der Waals surface area (Å²) in [6, 6.07) is 1.48. The molecule has 0 saturated heterocycles. The Balaban J connectivity index is 2.90. The molecule has 1 heterocycles. The van der Waals surface area contributed by atoms with E-state index in [-0.39, 0.29) is 16.2 Å². The Morgan fingerprint density at radius 1 is 1.50 bits per heavy atom.